The fourth-order valence-corrected chi connectivity index (χ4v) is 1.53. The average Bonchev–Trinajstić information content (AvgIpc) is 2.31. The summed E-state index contributed by atoms with van der Waals surface area (Å²) < 4.78 is 5.23. The van der Waals surface area contributed by atoms with E-state index in [4.69, 9.17) is 4.74 Å². The van der Waals surface area contributed by atoms with E-state index < -0.39 is 0 Å². The van der Waals surface area contributed by atoms with Crippen molar-refractivity contribution < 1.29 is 9.53 Å². The van der Waals surface area contributed by atoms with Crippen LogP contribution in [0.5, 0.6) is 0 Å². The smallest absolute Gasteiger partial charge is 0.222 e. The molecule has 14 heavy (non-hydrogen) atoms. The normalized spacial score (nSPS) is 16.9. The lowest BCUT2D eigenvalue weighted by molar-refractivity contribution is -0.133. The van der Waals surface area contributed by atoms with Crippen LogP contribution in [0.1, 0.15) is 40.0 Å². The Morgan fingerprint density at radius 2 is 1.86 bits per heavy atom. The Bertz CT molecular complexity index is 153. The van der Waals surface area contributed by atoms with Crippen molar-refractivity contribution in [2.45, 2.75) is 46.1 Å². The van der Waals surface area contributed by atoms with E-state index in [2.05, 4.69) is 0 Å². The topological polar surface area (TPSA) is 29.5 Å². The molecule has 3 nitrogen and oxygen atoms in total. The van der Waals surface area contributed by atoms with Crippen molar-refractivity contribution in [3.05, 3.63) is 0 Å². The molecule has 0 radical (unpaired) electrons. The van der Waals surface area contributed by atoms with Crippen LogP contribution in [-0.2, 0) is 9.53 Å². The van der Waals surface area contributed by atoms with Gasteiger partial charge in [-0.25, -0.2) is 0 Å². The summed E-state index contributed by atoms with van der Waals surface area (Å²) in [7, 11) is 1.89. The molecular weight excluding hydrogens is 178 g/mol. The molecule has 0 spiro atoms. The molecular formula is C11H23NO2. The highest BCUT2D eigenvalue weighted by atomic mass is 16.5. The summed E-state index contributed by atoms with van der Waals surface area (Å²) in [6.07, 6.45) is 2.58. The molecule has 0 aromatic heterocycles. The number of carbonyl (C=O) groups excluding carboxylic acids is 1. The first-order valence-electron chi connectivity index (χ1n) is 5.59. The Hall–Kier alpha value is -0.570. The van der Waals surface area contributed by atoms with E-state index in [-0.39, 0.29) is 5.91 Å². The lowest BCUT2D eigenvalue weighted by Crippen LogP contribution is -2.40. The predicted octanol–water partition coefficient (Wildman–Crippen LogP) is 2.06. The number of ether oxygens (including phenoxy) is 1. The van der Waals surface area contributed by atoms with Gasteiger partial charge in [-0.1, -0.05) is 20.8 Å². The van der Waals surface area contributed by atoms with Crippen LogP contribution in [0, 0.1) is 0 Å². The van der Waals surface area contributed by atoms with E-state index in [0.717, 1.165) is 26.1 Å². The van der Waals surface area contributed by atoms with Crippen LogP contribution in [0.15, 0.2) is 0 Å². The minimum Gasteiger partial charge on any atom is -0.381 e. The van der Waals surface area contributed by atoms with Crippen molar-refractivity contribution in [1.82, 2.24) is 4.90 Å². The minimum absolute atomic E-state index is 0.238. The third kappa shape index (κ3) is 4.09. The Labute approximate surface area is 87.4 Å². The van der Waals surface area contributed by atoms with Crippen molar-refractivity contribution >= 4 is 5.91 Å². The van der Waals surface area contributed by atoms with E-state index in [9.17, 15) is 4.79 Å². The molecule has 1 fully saturated rings. The monoisotopic (exact) mass is 201 g/mol. The van der Waals surface area contributed by atoms with Gasteiger partial charge in [0.2, 0.25) is 5.91 Å². The van der Waals surface area contributed by atoms with Gasteiger partial charge in [-0.2, -0.15) is 0 Å². The molecule has 1 rings (SSSR count). The lowest BCUT2D eigenvalue weighted by atomic mass is 10.1. The largest absolute Gasteiger partial charge is 0.381 e. The third-order valence-electron chi connectivity index (χ3n) is 2.43. The second kappa shape index (κ2) is 7.80. The Balaban J connectivity index is 0.000000791. The van der Waals surface area contributed by atoms with E-state index >= 15 is 0 Å². The molecule has 1 aliphatic rings. The highest BCUT2D eigenvalue weighted by Crippen LogP contribution is 2.13. The number of carbonyl (C=O) groups is 1. The summed E-state index contributed by atoms with van der Waals surface area (Å²) in [5, 5.41) is 0. The Morgan fingerprint density at radius 3 is 2.29 bits per heavy atom. The van der Waals surface area contributed by atoms with Crippen molar-refractivity contribution in [3.8, 4) is 0 Å². The summed E-state index contributed by atoms with van der Waals surface area (Å²) in [4.78, 5) is 13.2. The molecule has 0 atom stereocenters. The average molecular weight is 201 g/mol. The van der Waals surface area contributed by atoms with Gasteiger partial charge in [0.05, 0.1) is 0 Å². The Morgan fingerprint density at radius 1 is 1.36 bits per heavy atom. The molecule has 3 heteroatoms. The van der Waals surface area contributed by atoms with Gasteiger partial charge < -0.3 is 9.64 Å². The summed E-state index contributed by atoms with van der Waals surface area (Å²) in [6.45, 7) is 7.50. The van der Waals surface area contributed by atoms with Crippen LogP contribution >= 0.6 is 0 Å². The van der Waals surface area contributed by atoms with Gasteiger partial charge in [0, 0.05) is 32.7 Å². The molecule has 1 heterocycles. The molecule has 0 saturated carbocycles. The fourth-order valence-electron chi connectivity index (χ4n) is 1.53. The van der Waals surface area contributed by atoms with Crippen LogP contribution < -0.4 is 0 Å². The quantitative estimate of drug-likeness (QED) is 0.684. The summed E-state index contributed by atoms with van der Waals surface area (Å²) in [5.41, 5.74) is 0. The number of rotatable bonds is 2. The van der Waals surface area contributed by atoms with Gasteiger partial charge in [-0.15, -0.1) is 0 Å². The number of hydrogen-bond donors (Lipinski definition) is 0. The second-order valence-corrected chi connectivity index (χ2v) is 3.20. The van der Waals surface area contributed by atoms with Gasteiger partial charge in [-0.3, -0.25) is 4.79 Å². The highest BCUT2D eigenvalue weighted by Gasteiger charge is 2.20. The third-order valence-corrected chi connectivity index (χ3v) is 2.43. The molecule has 0 aromatic rings. The molecule has 1 saturated heterocycles. The molecule has 0 unspecified atom stereocenters. The minimum atomic E-state index is 0.238. The van der Waals surface area contributed by atoms with Crippen LogP contribution in [0.25, 0.3) is 0 Å². The highest BCUT2D eigenvalue weighted by molar-refractivity contribution is 5.75. The number of nitrogens with zero attached hydrogens (tertiary/aromatic N) is 1. The molecule has 1 amide bonds. The van der Waals surface area contributed by atoms with Gasteiger partial charge in [0.25, 0.3) is 0 Å². The van der Waals surface area contributed by atoms with Crippen molar-refractivity contribution in [2.75, 3.05) is 20.3 Å². The van der Waals surface area contributed by atoms with Gasteiger partial charge in [0.1, 0.15) is 0 Å². The van der Waals surface area contributed by atoms with Gasteiger partial charge >= 0.3 is 0 Å². The summed E-state index contributed by atoms with van der Waals surface area (Å²) in [6, 6.07) is 0.409. The van der Waals surface area contributed by atoms with Crippen molar-refractivity contribution in [1.29, 1.82) is 0 Å². The van der Waals surface area contributed by atoms with Crippen LogP contribution in [0.4, 0.5) is 0 Å². The molecule has 0 N–H and O–H groups in total. The lowest BCUT2D eigenvalue weighted by Gasteiger charge is -2.30. The standard InChI is InChI=1S/C9H17NO2.C2H6/c1-3-9(11)10(2)8-4-6-12-7-5-8;1-2/h8H,3-7H2,1-2H3;1-2H3. The first-order valence-corrected chi connectivity index (χ1v) is 5.59. The van der Waals surface area contributed by atoms with E-state index in [1.807, 2.05) is 32.7 Å². The van der Waals surface area contributed by atoms with E-state index in [1.54, 1.807) is 0 Å². The van der Waals surface area contributed by atoms with Crippen LogP contribution in [0.2, 0.25) is 0 Å². The molecule has 84 valence electrons. The molecule has 0 bridgehead atoms. The maximum Gasteiger partial charge on any atom is 0.222 e. The van der Waals surface area contributed by atoms with Gasteiger partial charge in [0.15, 0.2) is 0 Å². The summed E-state index contributed by atoms with van der Waals surface area (Å²) in [5.74, 6) is 0.238. The van der Waals surface area contributed by atoms with Crippen molar-refractivity contribution in [2.24, 2.45) is 0 Å². The second-order valence-electron chi connectivity index (χ2n) is 3.20. The molecule has 0 aliphatic carbocycles. The zero-order valence-electron chi connectivity index (χ0n) is 9.88. The van der Waals surface area contributed by atoms with E-state index in [0.29, 0.717) is 12.5 Å². The molecule has 0 aromatic carbocycles. The number of hydrogen-bond acceptors (Lipinski definition) is 2. The zero-order chi connectivity index (χ0) is 11.0. The van der Waals surface area contributed by atoms with Crippen LogP contribution in [-0.4, -0.2) is 37.1 Å². The SMILES string of the molecule is CC.CCC(=O)N(C)C1CCOCC1. The number of amides is 1. The fraction of sp³-hybridized carbons (Fsp3) is 0.909. The summed E-state index contributed by atoms with van der Waals surface area (Å²) >= 11 is 0. The molecule has 1 aliphatic heterocycles. The maximum atomic E-state index is 11.3. The van der Waals surface area contributed by atoms with Crippen molar-refractivity contribution in [3.63, 3.8) is 0 Å². The first kappa shape index (κ1) is 13.4. The van der Waals surface area contributed by atoms with E-state index in [1.165, 1.54) is 0 Å². The van der Waals surface area contributed by atoms with Gasteiger partial charge in [-0.05, 0) is 12.8 Å². The Kier molecular flexibility index (Phi) is 7.48. The maximum absolute atomic E-state index is 11.3. The zero-order valence-corrected chi connectivity index (χ0v) is 9.88. The van der Waals surface area contributed by atoms with Crippen LogP contribution in [0.3, 0.4) is 0 Å². The predicted molar refractivity (Wildman–Crippen MR) is 58.3 cm³/mol. The first-order chi connectivity index (χ1) is 6.75.